The minimum absolute atomic E-state index is 0.164. The second-order valence-electron chi connectivity index (χ2n) is 14.0. The third-order valence-electron chi connectivity index (χ3n) is 12.7. The Morgan fingerprint density at radius 3 is 2.52 bits per heavy atom. The van der Waals surface area contributed by atoms with E-state index < -0.39 is 11.7 Å². The van der Waals surface area contributed by atoms with E-state index in [0.29, 0.717) is 42.0 Å². The highest BCUT2D eigenvalue weighted by Gasteiger charge is 2.71. The highest BCUT2D eigenvalue weighted by atomic mass is 16.6. The van der Waals surface area contributed by atoms with E-state index >= 15 is 0 Å². The van der Waals surface area contributed by atoms with Gasteiger partial charge in [-0.3, -0.25) is 4.79 Å². The smallest absolute Gasteiger partial charge is 0.133 e. The third-order valence-corrected chi connectivity index (χ3v) is 12.7. The van der Waals surface area contributed by atoms with Gasteiger partial charge in [-0.05, 0) is 98.2 Å². The molecule has 1 unspecified atom stereocenters. The summed E-state index contributed by atoms with van der Waals surface area (Å²) in [5.74, 6) is 5.04. The number of carbonyl (C=O) groups is 1. The summed E-state index contributed by atoms with van der Waals surface area (Å²) >= 11 is 0. The molecular weight excluding hydrogens is 412 g/mol. The number of carbonyl (C=O) groups excluding carboxylic acids is 1. The fourth-order valence-electron chi connectivity index (χ4n) is 10.4. The van der Waals surface area contributed by atoms with Gasteiger partial charge in [-0.2, -0.15) is 0 Å². The molecule has 6 aliphatic rings. The average molecular weight is 459 g/mol. The average Bonchev–Trinajstić information content (AvgIpc) is 3.68. The molecule has 1 aliphatic heterocycles. The number of rotatable bonds is 5. The highest BCUT2D eigenvalue weighted by molar-refractivity contribution is 5.79. The molecule has 0 amide bonds. The van der Waals surface area contributed by atoms with Crippen LogP contribution in [0, 0.1) is 58.2 Å². The molecule has 13 atom stereocenters. The van der Waals surface area contributed by atoms with Crippen LogP contribution in [0.15, 0.2) is 0 Å². The van der Waals surface area contributed by atoms with Gasteiger partial charge in [0, 0.05) is 24.2 Å². The monoisotopic (exact) mass is 458 g/mol. The lowest BCUT2D eigenvalue weighted by Gasteiger charge is -2.62. The van der Waals surface area contributed by atoms with Gasteiger partial charge in [-0.25, -0.2) is 0 Å². The van der Waals surface area contributed by atoms with Crippen molar-refractivity contribution < 1.29 is 19.7 Å². The van der Waals surface area contributed by atoms with Crippen LogP contribution >= 0.6 is 0 Å². The highest BCUT2D eigenvalue weighted by Crippen LogP contribution is 2.70. The maximum Gasteiger partial charge on any atom is 0.133 e. The summed E-state index contributed by atoms with van der Waals surface area (Å²) in [4.78, 5) is 12.2. The van der Waals surface area contributed by atoms with Crippen LogP contribution in [-0.2, 0) is 9.53 Å². The molecule has 0 aromatic carbocycles. The maximum atomic E-state index is 12.2. The van der Waals surface area contributed by atoms with E-state index in [0.717, 1.165) is 56.8 Å². The fraction of sp³-hybridized carbons (Fsp3) is 0.966. The van der Waals surface area contributed by atoms with Crippen LogP contribution in [0.5, 0.6) is 0 Å². The number of aliphatic hydroxyl groups excluding tert-OH is 2. The largest absolute Gasteiger partial charge is 0.393 e. The topological polar surface area (TPSA) is 70.1 Å². The third kappa shape index (κ3) is 3.22. The van der Waals surface area contributed by atoms with E-state index in [1.54, 1.807) is 0 Å². The van der Waals surface area contributed by atoms with Crippen molar-refractivity contribution in [3.05, 3.63) is 0 Å². The van der Waals surface area contributed by atoms with Crippen molar-refractivity contribution in [3.63, 3.8) is 0 Å². The van der Waals surface area contributed by atoms with Crippen molar-refractivity contribution >= 4 is 5.78 Å². The molecular formula is C29H46O4. The van der Waals surface area contributed by atoms with Crippen LogP contribution in [0.25, 0.3) is 0 Å². The van der Waals surface area contributed by atoms with E-state index in [1.165, 1.54) is 19.3 Å². The lowest BCUT2D eigenvalue weighted by molar-refractivity contribution is -0.176. The minimum Gasteiger partial charge on any atom is -0.393 e. The molecule has 0 spiro atoms. The Labute approximate surface area is 200 Å². The van der Waals surface area contributed by atoms with Crippen molar-refractivity contribution in [1.29, 1.82) is 0 Å². The predicted molar refractivity (Wildman–Crippen MR) is 127 cm³/mol. The Bertz CT molecular complexity index is 805. The number of ketones is 1. The Balaban J connectivity index is 1.24. The molecule has 0 aromatic heterocycles. The van der Waals surface area contributed by atoms with Gasteiger partial charge in [0.05, 0.1) is 18.8 Å². The molecule has 1 saturated heterocycles. The predicted octanol–water partition coefficient (Wildman–Crippen LogP) is 5.00. The molecule has 186 valence electrons. The Morgan fingerprint density at radius 2 is 1.85 bits per heavy atom. The Morgan fingerprint density at radius 1 is 1.12 bits per heavy atom. The van der Waals surface area contributed by atoms with Gasteiger partial charge >= 0.3 is 0 Å². The number of aliphatic hydroxyl groups is 2. The number of ether oxygens (including phenoxy) is 1. The zero-order chi connectivity index (χ0) is 23.3. The van der Waals surface area contributed by atoms with Crippen LogP contribution < -0.4 is 0 Å². The lowest BCUT2D eigenvalue weighted by atomic mass is 9.43. The van der Waals surface area contributed by atoms with Gasteiger partial charge in [-0.1, -0.05) is 27.7 Å². The van der Waals surface area contributed by atoms with Crippen LogP contribution in [0.4, 0.5) is 0 Å². The van der Waals surface area contributed by atoms with Crippen molar-refractivity contribution in [3.8, 4) is 0 Å². The van der Waals surface area contributed by atoms with Crippen molar-refractivity contribution in [2.45, 2.75) is 110 Å². The van der Waals surface area contributed by atoms with E-state index in [2.05, 4.69) is 27.7 Å². The number of hydrogen-bond donors (Lipinski definition) is 2. The minimum atomic E-state index is -0.429. The second-order valence-corrected chi connectivity index (χ2v) is 14.0. The normalized spacial score (nSPS) is 57.0. The quantitative estimate of drug-likeness (QED) is 0.569. The lowest BCUT2D eigenvalue weighted by Crippen LogP contribution is -2.60. The van der Waals surface area contributed by atoms with E-state index in [9.17, 15) is 15.0 Å². The summed E-state index contributed by atoms with van der Waals surface area (Å²) in [6.07, 6.45) is 9.40. The van der Waals surface area contributed by atoms with Crippen molar-refractivity contribution in [2.24, 2.45) is 58.2 Å². The first-order valence-corrected chi connectivity index (χ1v) is 14.1. The van der Waals surface area contributed by atoms with Crippen molar-refractivity contribution in [2.75, 3.05) is 6.61 Å². The van der Waals surface area contributed by atoms with Gasteiger partial charge in [0.2, 0.25) is 0 Å². The van der Waals surface area contributed by atoms with E-state index in [4.69, 9.17) is 4.74 Å². The molecule has 0 radical (unpaired) electrons. The second kappa shape index (κ2) is 7.53. The number of epoxide rings is 1. The maximum absolute atomic E-state index is 12.2. The van der Waals surface area contributed by atoms with Crippen LogP contribution in [0.3, 0.4) is 0 Å². The Kier molecular flexibility index (Phi) is 5.24. The van der Waals surface area contributed by atoms with Crippen LogP contribution in [0.2, 0.25) is 0 Å². The first kappa shape index (κ1) is 23.0. The molecule has 6 rings (SSSR count). The molecule has 5 aliphatic carbocycles. The van der Waals surface area contributed by atoms with Gasteiger partial charge in [-0.15, -0.1) is 0 Å². The first-order chi connectivity index (χ1) is 15.6. The summed E-state index contributed by atoms with van der Waals surface area (Å²) in [5.41, 5.74) is -0.384. The molecule has 6 fully saturated rings. The molecule has 33 heavy (non-hydrogen) atoms. The fourth-order valence-corrected chi connectivity index (χ4v) is 10.4. The standard InChI is InChI=1S/C29H46O4/c1-16-11-21(16)17(2)12-26(32)29(15-33-29)24-8-7-22-20-6-5-18-13-19(30)9-10-27(18,3)23(20)14-25(31)28(22,24)4/h16-18,20-26,31-32H,5-15H2,1-4H3/t16-,17+,18+,20-,21-,22-,23?,24-,25+,26+,27-,28-,29-/m0/s1. The number of fused-ring (bicyclic) bond motifs is 5. The number of Topliss-reactive ketones (excluding diaryl/α,β-unsaturated/α-hetero) is 1. The molecule has 2 N–H and O–H groups in total. The summed E-state index contributed by atoms with van der Waals surface area (Å²) in [5, 5.41) is 23.2. The zero-order valence-corrected chi connectivity index (χ0v) is 21.3. The first-order valence-electron chi connectivity index (χ1n) is 14.1. The van der Waals surface area contributed by atoms with Gasteiger partial charge in [0.25, 0.3) is 0 Å². The van der Waals surface area contributed by atoms with Gasteiger partial charge < -0.3 is 14.9 Å². The summed E-state index contributed by atoms with van der Waals surface area (Å²) < 4.78 is 6.19. The molecule has 4 nitrogen and oxygen atoms in total. The van der Waals surface area contributed by atoms with E-state index in [1.807, 2.05) is 0 Å². The van der Waals surface area contributed by atoms with Gasteiger partial charge in [0.15, 0.2) is 0 Å². The molecule has 4 heteroatoms. The van der Waals surface area contributed by atoms with E-state index in [-0.39, 0.29) is 22.9 Å². The summed E-state index contributed by atoms with van der Waals surface area (Å²) in [6.45, 7) is 10.1. The number of hydrogen-bond acceptors (Lipinski definition) is 4. The molecule has 0 bridgehead atoms. The SMILES string of the molecule is C[C@H](C[C@@H](O)[C@@]1([C@H]2CC[C@H]3[C@@H]4CC[C@@H]5CC(=O)CC[C@]5(C)C4C[C@@H](O)[C@]23C)CO1)[C@H]1C[C@@H]1C. The molecule has 1 heterocycles. The summed E-state index contributed by atoms with van der Waals surface area (Å²) in [7, 11) is 0. The molecule has 0 aromatic rings. The van der Waals surface area contributed by atoms with Gasteiger partial charge in [0.1, 0.15) is 11.4 Å². The van der Waals surface area contributed by atoms with Crippen molar-refractivity contribution in [1.82, 2.24) is 0 Å². The Hall–Kier alpha value is -0.450. The van der Waals surface area contributed by atoms with Crippen LogP contribution in [0.1, 0.15) is 91.9 Å². The van der Waals surface area contributed by atoms with Crippen LogP contribution in [-0.4, -0.2) is 40.4 Å². The zero-order valence-electron chi connectivity index (χ0n) is 21.3. The molecule has 5 saturated carbocycles. The summed E-state index contributed by atoms with van der Waals surface area (Å²) in [6, 6.07) is 0.